The highest BCUT2D eigenvalue weighted by Gasteiger charge is 2.24. The number of nitrogens with zero attached hydrogens (tertiary/aromatic N) is 2. The monoisotopic (exact) mass is 246 g/mol. The van der Waals surface area contributed by atoms with Gasteiger partial charge in [0.1, 0.15) is 11.4 Å². The average molecular weight is 246 g/mol. The molecule has 0 aliphatic rings. The van der Waals surface area contributed by atoms with Crippen molar-refractivity contribution >= 4 is 17.7 Å². The molecule has 6 heteroatoms. The van der Waals surface area contributed by atoms with E-state index in [0.29, 0.717) is 5.82 Å². The van der Waals surface area contributed by atoms with Crippen molar-refractivity contribution in [3.05, 3.63) is 48.0 Å². The number of hydrogen-bond donors (Lipinski definition) is 1. The topological polar surface area (TPSA) is 83.6 Å². The number of amides is 1. The molecule has 0 bridgehead atoms. The van der Waals surface area contributed by atoms with Gasteiger partial charge in [-0.2, -0.15) is 0 Å². The highest BCUT2D eigenvalue weighted by molar-refractivity contribution is 6.09. The van der Waals surface area contributed by atoms with Crippen LogP contribution < -0.4 is 4.90 Å². The second-order valence-corrected chi connectivity index (χ2v) is 3.52. The maximum absolute atomic E-state index is 12.1. The Bertz CT molecular complexity index is 577. The maximum Gasteiger partial charge on any atom is 0.339 e. The van der Waals surface area contributed by atoms with Crippen molar-refractivity contribution in [1.82, 2.24) is 4.98 Å². The number of aromatic nitrogens is 1. The lowest BCUT2D eigenvalue weighted by atomic mass is 10.2. The Hall–Kier alpha value is -2.63. The molecular formula is C12H10N2O4. The van der Waals surface area contributed by atoms with Crippen LogP contribution in [0.1, 0.15) is 20.9 Å². The molecule has 0 saturated heterocycles. The number of carboxylic acid groups (broad SMARTS) is 1. The fourth-order valence-corrected chi connectivity index (χ4v) is 1.45. The summed E-state index contributed by atoms with van der Waals surface area (Å²) in [5.41, 5.74) is -0.164. The Morgan fingerprint density at radius 2 is 2.11 bits per heavy atom. The van der Waals surface area contributed by atoms with Gasteiger partial charge in [0.2, 0.25) is 5.76 Å². The predicted octanol–water partition coefficient (Wildman–Crippen LogP) is 1.65. The van der Waals surface area contributed by atoms with E-state index in [2.05, 4.69) is 4.98 Å². The smallest absolute Gasteiger partial charge is 0.339 e. The molecule has 0 spiro atoms. The molecule has 0 aliphatic heterocycles. The number of aromatic carboxylic acids is 1. The van der Waals surface area contributed by atoms with Gasteiger partial charge in [0.15, 0.2) is 0 Å². The second kappa shape index (κ2) is 4.70. The van der Waals surface area contributed by atoms with Crippen LogP contribution in [-0.2, 0) is 0 Å². The molecule has 0 atom stereocenters. The first-order valence-corrected chi connectivity index (χ1v) is 5.11. The maximum atomic E-state index is 12.1. The fraction of sp³-hybridized carbons (Fsp3) is 0.0833. The highest BCUT2D eigenvalue weighted by atomic mass is 16.4. The average Bonchev–Trinajstić information content (AvgIpc) is 2.87. The summed E-state index contributed by atoms with van der Waals surface area (Å²) in [6, 6.07) is 6.33. The summed E-state index contributed by atoms with van der Waals surface area (Å²) < 4.78 is 4.93. The van der Waals surface area contributed by atoms with Crippen LogP contribution in [0.2, 0.25) is 0 Å². The van der Waals surface area contributed by atoms with Gasteiger partial charge in [-0.25, -0.2) is 9.78 Å². The predicted molar refractivity (Wildman–Crippen MR) is 62.6 cm³/mol. The highest BCUT2D eigenvalue weighted by Crippen LogP contribution is 2.16. The Morgan fingerprint density at radius 3 is 2.72 bits per heavy atom. The minimum Gasteiger partial charge on any atom is -0.478 e. The number of rotatable bonds is 3. The molecule has 2 aromatic heterocycles. The third-order valence-electron chi connectivity index (χ3n) is 2.39. The zero-order valence-corrected chi connectivity index (χ0v) is 9.53. The molecule has 2 heterocycles. The standard InChI is InChI=1S/C12H10N2O4/c1-14(9-4-2-3-6-13-9)11(15)10-8(12(16)17)5-7-18-10/h2-7H,1H3,(H,16,17). The normalized spacial score (nSPS) is 10.1. The van der Waals surface area contributed by atoms with E-state index in [0.717, 1.165) is 0 Å². The first-order chi connectivity index (χ1) is 8.61. The summed E-state index contributed by atoms with van der Waals surface area (Å²) in [6.07, 6.45) is 2.71. The summed E-state index contributed by atoms with van der Waals surface area (Å²) >= 11 is 0. The molecule has 18 heavy (non-hydrogen) atoms. The van der Waals surface area contributed by atoms with E-state index < -0.39 is 11.9 Å². The van der Waals surface area contributed by atoms with Gasteiger partial charge in [-0.05, 0) is 18.2 Å². The first-order valence-electron chi connectivity index (χ1n) is 5.11. The van der Waals surface area contributed by atoms with Crippen LogP contribution in [0, 0.1) is 0 Å². The fourth-order valence-electron chi connectivity index (χ4n) is 1.45. The number of carboxylic acids is 1. The molecule has 2 rings (SSSR count). The minimum absolute atomic E-state index is 0.164. The zero-order valence-electron chi connectivity index (χ0n) is 9.53. The van der Waals surface area contributed by atoms with Crippen molar-refractivity contribution in [2.75, 3.05) is 11.9 Å². The van der Waals surface area contributed by atoms with E-state index in [-0.39, 0.29) is 11.3 Å². The van der Waals surface area contributed by atoms with Crippen molar-refractivity contribution in [2.24, 2.45) is 0 Å². The van der Waals surface area contributed by atoms with Crippen LogP contribution in [0.3, 0.4) is 0 Å². The molecule has 0 aromatic carbocycles. The molecule has 0 unspecified atom stereocenters. The Balaban J connectivity index is 2.32. The van der Waals surface area contributed by atoms with E-state index in [1.165, 1.54) is 24.3 Å². The minimum atomic E-state index is -1.21. The van der Waals surface area contributed by atoms with Gasteiger partial charge in [-0.15, -0.1) is 0 Å². The van der Waals surface area contributed by atoms with E-state index in [9.17, 15) is 9.59 Å². The van der Waals surface area contributed by atoms with Crippen molar-refractivity contribution in [3.63, 3.8) is 0 Å². The van der Waals surface area contributed by atoms with Crippen molar-refractivity contribution in [3.8, 4) is 0 Å². The summed E-state index contributed by atoms with van der Waals surface area (Å²) in [7, 11) is 1.50. The quantitative estimate of drug-likeness (QED) is 0.890. The Kier molecular flexibility index (Phi) is 3.09. The summed E-state index contributed by atoms with van der Waals surface area (Å²) in [4.78, 5) is 28.2. The number of pyridine rings is 1. The van der Waals surface area contributed by atoms with Crippen LogP contribution in [0.25, 0.3) is 0 Å². The summed E-state index contributed by atoms with van der Waals surface area (Å²) in [5, 5.41) is 8.91. The SMILES string of the molecule is CN(C(=O)c1occc1C(=O)O)c1ccccn1. The molecule has 6 nitrogen and oxygen atoms in total. The van der Waals surface area contributed by atoms with Gasteiger partial charge < -0.3 is 9.52 Å². The lowest BCUT2D eigenvalue weighted by Gasteiger charge is -2.14. The van der Waals surface area contributed by atoms with Gasteiger partial charge in [-0.3, -0.25) is 9.69 Å². The number of carbonyl (C=O) groups excluding carboxylic acids is 1. The molecule has 0 fully saturated rings. The largest absolute Gasteiger partial charge is 0.478 e. The summed E-state index contributed by atoms with van der Waals surface area (Å²) in [6.45, 7) is 0. The molecule has 1 N–H and O–H groups in total. The molecule has 2 aromatic rings. The molecule has 0 radical (unpaired) electrons. The zero-order chi connectivity index (χ0) is 13.1. The number of hydrogen-bond acceptors (Lipinski definition) is 4. The molecular weight excluding hydrogens is 236 g/mol. The van der Waals surface area contributed by atoms with Crippen molar-refractivity contribution < 1.29 is 19.1 Å². The molecule has 92 valence electrons. The molecule has 0 saturated carbocycles. The van der Waals surface area contributed by atoms with Gasteiger partial charge in [0.05, 0.1) is 6.26 Å². The van der Waals surface area contributed by atoms with Gasteiger partial charge in [-0.1, -0.05) is 6.07 Å². The third-order valence-corrected chi connectivity index (χ3v) is 2.39. The number of anilines is 1. The van der Waals surface area contributed by atoms with E-state index in [1.54, 1.807) is 24.4 Å². The second-order valence-electron chi connectivity index (χ2n) is 3.52. The van der Waals surface area contributed by atoms with Gasteiger partial charge in [0.25, 0.3) is 5.91 Å². The van der Waals surface area contributed by atoms with Crippen LogP contribution in [-0.4, -0.2) is 29.0 Å². The van der Waals surface area contributed by atoms with Crippen LogP contribution >= 0.6 is 0 Å². The Morgan fingerprint density at radius 1 is 1.33 bits per heavy atom. The molecule has 1 amide bonds. The number of carbonyl (C=O) groups is 2. The van der Waals surface area contributed by atoms with Crippen LogP contribution in [0.15, 0.2) is 41.1 Å². The van der Waals surface area contributed by atoms with Gasteiger partial charge >= 0.3 is 5.97 Å². The van der Waals surface area contributed by atoms with Crippen LogP contribution in [0.4, 0.5) is 5.82 Å². The first kappa shape index (κ1) is 11.8. The van der Waals surface area contributed by atoms with Crippen molar-refractivity contribution in [1.29, 1.82) is 0 Å². The van der Waals surface area contributed by atoms with Crippen molar-refractivity contribution in [2.45, 2.75) is 0 Å². The lowest BCUT2D eigenvalue weighted by molar-refractivity contribution is 0.0689. The molecule has 0 aliphatic carbocycles. The third kappa shape index (κ3) is 2.08. The van der Waals surface area contributed by atoms with E-state index >= 15 is 0 Å². The Labute approximate surface area is 102 Å². The summed E-state index contributed by atoms with van der Waals surface area (Å²) in [5.74, 6) is -1.57. The van der Waals surface area contributed by atoms with E-state index in [1.807, 2.05) is 0 Å². The van der Waals surface area contributed by atoms with E-state index in [4.69, 9.17) is 9.52 Å². The number of furan rings is 1. The van der Waals surface area contributed by atoms with Crippen LogP contribution in [0.5, 0.6) is 0 Å². The van der Waals surface area contributed by atoms with Gasteiger partial charge in [0, 0.05) is 13.2 Å². The lowest BCUT2D eigenvalue weighted by Crippen LogP contribution is -2.27.